The highest BCUT2D eigenvalue weighted by Crippen LogP contribution is 2.46. The van der Waals surface area contributed by atoms with Crippen LogP contribution < -0.4 is 10.1 Å². The number of nitrogens with one attached hydrogen (secondary N) is 1. The normalized spacial score (nSPS) is 15.6. The standard InChI is InChI=1S/C24H23F4N3O3/c1-14(15-6-7-19(20(25)10-15)23(33)8-9-23)22(32)29-13-17-12-21(24(26,27)28)30-31(17)16-4-3-5-18(11-16)34-2/h3-7,10-12,14,33H,8-9,13H2,1-2H3,(H,29,32). The van der Waals surface area contributed by atoms with Gasteiger partial charge in [-0.2, -0.15) is 18.3 Å². The maximum atomic E-state index is 14.5. The molecule has 1 aromatic heterocycles. The van der Waals surface area contributed by atoms with Crippen molar-refractivity contribution in [2.75, 3.05) is 7.11 Å². The first kappa shape index (κ1) is 23.7. The van der Waals surface area contributed by atoms with Crippen LogP contribution in [-0.2, 0) is 23.1 Å². The Kier molecular flexibility index (Phi) is 6.11. The van der Waals surface area contributed by atoms with Crippen molar-refractivity contribution in [3.63, 3.8) is 0 Å². The van der Waals surface area contributed by atoms with Gasteiger partial charge in [-0.1, -0.05) is 18.2 Å². The van der Waals surface area contributed by atoms with E-state index in [1.54, 1.807) is 31.2 Å². The van der Waals surface area contributed by atoms with Crippen LogP contribution in [0.1, 0.15) is 48.2 Å². The second-order valence-corrected chi connectivity index (χ2v) is 8.34. The highest BCUT2D eigenvalue weighted by atomic mass is 19.4. The lowest BCUT2D eigenvalue weighted by molar-refractivity contribution is -0.141. The molecule has 1 aliphatic rings. The SMILES string of the molecule is COc1cccc(-n2nc(C(F)(F)F)cc2CNC(=O)C(C)c2ccc(C3(O)CC3)c(F)c2)c1. The van der Waals surface area contributed by atoms with Crippen LogP contribution in [0.15, 0.2) is 48.5 Å². The molecule has 0 saturated heterocycles. The summed E-state index contributed by atoms with van der Waals surface area (Å²) in [5.74, 6) is -1.42. The van der Waals surface area contributed by atoms with Crippen molar-refractivity contribution >= 4 is 5.91 Å². The lowest BCUT2D eigenvalue weighted by Gasteiger charge is -2.16. The minimum Gasteiger partial charge on any atom is -0.497 e. The lowest BCUT2D eigenvalue weighted by Crippen LogP contribution is -2.28. The molecule has 0 radical (unpaired) electrons. The molecule has 34 heavy (non-hydrogen) atoms. The summed E-state index contributed by atoms with van der Waals surface area (Å²) in [7, 11) is 1.44. The quantitative estimate of drug-likeness (QED) is 0.494. The molecule has 0 bridgehead atoms. The van der Waals surface area contributed by atoms with Crippen LogP contribution in [0, 0.1) is 5.82 Å². The molecular formula is C24H23F4N3O3. The van der Waals surface area contributed by atoms with Gasteiger partial charge in [0, 0.05) is 11.6 Å². The van der Waals surface area contributed by atoms with Crippen LogP contribution in [0.25, 0.3) is 5.69 Å². The molecule has 3 aromatic rings. The van der Waals surface area contributed by atoms with Crippen LogP contribution in [0.4, 0.5) is 17.6 Å². The van der Waals surface area contributed by atoms with E-state index in [9.17, 15) is 27.5 Å². The Balaban J connectivity index is 1.53. The van der Waals surface area contributed by atoms with E-state index in [1.165, 1.54) is 25.3 Å². The Morgan fingerprint density at radius 2 is 1.97 bits per heavy atom. The van der Waals surface area contributed by atoms with Gasteiger partial charge >= 0.3 is 6.18 Å². The number of halogens is 4. The van der Waals surface area contributed by atoms with Crippen molar-refractivity contribution in [2.24, 2.45) is 0 Å². The summed E-state index contributed by atoms with van der Waals surface area (Å²) in [6.45, 7) is 1.33. The zero-order valence-corrected chi connectivity index (χ0v) is 18.5. The molecule has 2 aromatic carbocycles. The van der Waals surface area contributed by atoms with Crippen LogP contribution in [-0.4, -0.2) is 27.9 Å². The first-order valence-corrected chi connectivity index (χ1v) is 10.6. The number of carbonyl (C=O) groups is 1. The Hall–Kier alpha value is -3.40. The number of rotatable bonds is 7. The number of benzene rings is 2. The number of alkyl halides is 3. The second kappa shape index (κ2) is 8.75. The van der Waals surface area contributed by atoms with Crippen LogP contribution in [0.3, 0.4) is 0 Å². The van der Waals surface area contributed by atoms with Crippen molar-refractivity contribution in [3.8, 4) is 11.4 Å². The van der Waals surface area contributed by atoms with E-state index in [2.05, 4.69) is 10.4 Å². The summed E-state index contributed by atoms with van der Waals surface area (Å²) in [5, 5.41) is 16.4. The van der Waals surface area contributed by atoms with Crippen LogP contribution >= 0.6 is 0 Å². The molecule has 1 atom stereocenters. The van der Waals surface area contributed by atoms with Gasteiger partial charge in [-0.05, 0) is 49.6 Å². The van der Waals surface area contributed by atoms with Crippen molar-refractivity contribution < 1.29 is 32.2 Å². The first-order valence-electron chi connectivity index (χ1n) is 10.6. The van der Waals surface area contributed by atoms with Crippen LogP contribution in [0.2, 0.25) is 0 Å². The smallest absolute Gasteiger partial charge is 0.435 e. The first-order chi connectivity index (χ1) is 16.0. The van der Waals surface area contributed by atoms with Gasteiger partial charge in [0.05, 0.1) is 36.6 Å². The monoisotopic (exact) mass is 477 g/mol. The predicted molar refractivity (Wildman–Crippen MR) is 115 cm³/mol. The predicted octanol–water partition coefficient (Wildman–Crippen LogP) is 4.44. The maximum Gasteiger partial charge on any atom is 0.435 e. The third-order valence-corrected chi connectivity index (χ3v) is 5.93. The molecular weight excluding hydrogens is 454 g/mol. The Morgan fingerprint density at radius 3 is 2.59 bits per heavy atom. The van der Waals surface area contributed by atoms with Gasteiger partial charge in [0.1, 0.15) is 11.6 Å². The van der Waals surface area contributed by atoms with Gasteiger partial charge in [0.15, 0.2) is 5.69 Å². The second-order valence-electron chi connectivity index (χ2n) is 8.34. The van der Waals surface area contributed by atoms with E-state index in [-0.39, 0.29) is 17.8 Å². The van der Waals surface area contributed by atoms with E-state index >= 15 is 0 Å². The number of nitrogens with zero attached hydrogens (tertiary/aromatic N) is 2. The average molecular weight is 477 g/mol. The van der Waals surface area contributed by atoms with E-state index in [0.29, 0.717) is 29.8 Å². The Bertz CT molecular complexity index is 1220. The number of hydrogen-bond acceptors (Lipinski definition) is 4. The van der Waals surface area contributed by atoms with Crippen molar-refractivity contribution in [3.05, 3.63) is 76.9 Å². The van der Waals surface area contributed by atoms with Gasteiger partial charge in [0.25, 0.3) is 0 Å². The van der Waals surface area contributed by atoms with E-state index < -0.39 is 35.1 Å². The topological polar surface area (TPSA) is 76.4 Å². The molecule has 1 saturated carbocycles. The number of aromatic nitrogens is 2. The van der Waals surface area contributed by atoms with Crippen molar-refractivity contribution in [1.82, 2.24) is 15.1 Å². The highest BCUT2D eigenvalue weighted by molar-refractivity contribution is 5.83. The highest BCUT2D eigenvalue weighted by Gasteiger charge is 2.44. The fourth-order valence-electron chi connectivity index (χ4n) is 3.70. The summed E-state index contributed by atoms with van der Waals surface area (Å²) in [6, 6.07) is 11.5. The van der Waals surface area contributed by atoms with Gasteiger partial charge in [0.2, 0.25) is 5.91 Å². The molecule has 180 valence electrons. The third kappa shape index (κ3) is 4.77. The molecule has 6 nitrogen and oxygen atoms in total. The fourth-order valence-corrected chi connectivity index (χ4v) is 3.70. The minimum atomic E-state index is -4.67. The summed E-state index contributed by atoms with van der Waals surface area (Å²) < 4.78 is 60.6. The number of amides is 1. The van der Waals surface area contributed by atoms with Gasteiger partial charge < -0.3 is 15.2 Å². The molecule has 1 fully saturated rings. The van der Waals surface area contributed by atoms with Crippen molar-refractivity contribution in [2.45, 2.75) is 44.0 Å². The molecule has 0 spiro atoms. The average Bonchev–Trinajstić information content (AvgIpc) is 3.39. The molecule has 0 aliphatic heterocycles. The lowest BCUT2D eigenvalue weighted by atomic mass is 9.96. The van der Waals surface area contributed by atoms with Crippen LogP contribution in [0.5, 0.6) is 5.75 Å². The van der Waals surface area contributed by atoms with E-state index in [4.69, 9.17) is 4.74 Å². The zero-order chi connectivity index (χ0) is 24.7. The van der Waals surface area contributed by atoms with Gasteiger partial charge in [-0.25, -0.2) is 9.07 Å². The largest absolute Gasteiger partial charge is 0.497 e. The number of carbonyl (C=O) groups excluding carboxylic acids is 1. The fraction of sp³-hybridized carbons (Fsp3) is 0.333. The molecule has 1 heterocycles. The van der Waals surface area contributed by atoms with E-state index in [1.807, 2.05) is 0 Å². The molecule has 4 rings (SSSR count). The number of methoxy groups -OCH3 is 1. The zero-order valence-electron chi connectivity index (χ0n) is 18.5. The molecule has 10 heteroatoms. The summed E-state index contributed by atoms with van der Waals surface area (Å²) in [5.41, 5.74) is -1.20. The molecule has 2 N–H and O–H groups in total. The number of ether oxygens (including phenoxy) is 1. The molecule has 1 unspecified atom stereocenters. The number of hydrogen-bond donors (Lipinski definition) is 2. The summed E-state index contributed by atoms with van der Waals surface area (Å²) >= 11 is 0. The maximum absolute atomic E-state index is 14.5. The third-order valence-electron chi connectivity index (χ3n) is 5.93. The Morgan fingerprint density at radius 1 is 1.24 bits per heavy atom. The summed E-state index contributed by atoms with van der Waals surface area (Å²) in [6.07, 6.45) is -3.69. The van der Waals surface area contributed by atoms with E-state index in [0.717, 1.165) is 10.7 Å². The van der Waals surface area contributed by atoms with Gasteiger partial charge in [-0.3, -0.25) is 4.79 Å². The van der Waals surface area contributed by atoms with Gasteiger partial charge in [-0.15, -0.1) is 0 Å². The van der Waals surface area contributed by atoms with Crippen molar-refractivity contribution in [1.29, 1.82) is 0 Å². The summed E-state index contributed by atoms with van der Waals surface area (Å²) in [4.78, 5) is 12.7. The number of aliphatic hydroxyl groups is 1. The minimum absolute atomic E-state index is 0.110. The Labute approximate surface area is 193 Å². The molecule has 1 amide bonds. The molecule has 1 aliphatic carbocycles.